The van der Waals surface area contributed by atoms with Gasteiger partial charge in [0.2, 0.25) is 0 Å². The number of hydrogen-bond donors (Lipinski definition) is 2. The lowest BCUT2D eigenvalue weighted by molar-refractivity contribution is 0.0945. The molecule has 0 saturated carbocycles. The van der Waals surface area contributed by atoms with Crippen molar-refractivity contribution >= 4 is 11.7 Å². The highest BCUT2D eigenvalue weighted by atomic mass is 19.1. The van der Waals surface area contributed by atoms with Crippen LogP contribution >= 0.6 is 0 Å². The summed E-state index contributed by atoms with van der Waals surface area (Å²) in [6, 6.07) is 15.2. The highest BCUT2D eigenvalue weighted by Crippen LogP contribution is 2.12. The number of amides is 1. The zero-order valence-electron chi connectivity index (χ0n) is 15.7. The number of anilines is 1. The van der Waals surface area contributed by atoms with E-state index in [-0.39, 0.29) is 17.4 Å². The minimum atomic E-state index is -0.286. The molecule has 2 aromatic carbocycles. The van der Waals surface area contributed by atoms with Crippen molar-refractivity contribution in [3.8, 4) is 5.75 Å². The molecule has 144 valence electrons. The molecule has 0 aliphatic heterocycles. The summed E-state index contributed by atoms with van der Waals surface area (Å²) in [6.07, 6.45) is 0. The van der Waals surface area contributed by atoms with E-state index in [0.29, 0.717) is 24.7 Å². The first-order valence-corrected chi connectivity index (χ1v) is 8.78. The molecule has 1 heterocycles. The fraction of sp³-hybridized carbons (Fsp3) is 0.190. The van der Waals surface area contributed by atoms with Crippen LogP contribution in [0.15, 0.2) is 54.6 Å². The second-order valence-electron chi connectivity index (χ2n) is 6.20. The molecule has 0 fully saturated rings. The molecule has 0 bridgehead atoms. The number of aromatic nitrogens is 2. The van der Waals surface area contributed by atoms with Crippen LogP contribution in [-0.2, 0) is 13.1 Å². The molecule has 2 N–H and O–H groups in total. The fourth-order valence-electron chi connectivity index (χ4n) is 2.59. The molecule has 0 atom stereocenters. The van der Waals surface area contributed by atoms with Crippen LogP contribution in [0.4, 0.5) is 10.2 Å². The SMILES string of the molecule is COc1ccc(CNC(=O)c2cc(NCc3ccc(F)cc3)nc(C)n2)cc1. The van der Waals surface area contributed by atoms with Crippen LogP contribution in [0.5, 0.6) is 5.75 Å². The summed E-state index contributed by atoms with van der Waals surface area (Å²) < 4.78 is 18.1. The van der Waals surface area contributed by atoms with E-state index in [1.165, 1.54) is 12.1 Å². The third kappa shape index (κ3) is 5.26. The Labute approximate surface area is 162 Å². The standard InChI is InChI=1S/C21H21FN4O2/c1-14-25-19(21(27)24-13-16-5-9-18(28-2)10-6-16)11-20(26-14)23-12-15-3-7-17(22)8-4-15/h3-11H,12-13H2,1-2H3,(H,24,27)(H,23,25,26). The van der Waals surface area contributed by atoms with Crippen molar-refractivity contribution in [1.82, 2.24) is 15.3 Å². The molecular formula is C21H21FN4O2. The van der Waals surface area contributed by atoms with Crippen molar-refractivity contribution in [3.05, 3.63) is 83.1 Å². The number of benzene rings is 2. The Morgan fingerprint density at radius 1 is 1.00 bits per heavy atom. The topological polar surface area (TPSA) is 76.1 Å². The number of carbonyl (C=O) groups excluding carboxylic acids is 1. The van der Waals surface area contributed by atoms with Crippen LogP contribution < -0.4 is 15.4 Å². The molecule has 0 radical (unpaired) electrons. The predicted octanol–water partition coefficient (Wildman–Crippen LogP) is 3.47. The van der Waals surface area contributed by atoms with Crippen molar-refractivity contribution in [2.75, 3.05) is 12.4 Å². The molecule has 1 amide bonds. The van der Waals surface area contributed by atoms with Crippen LogP contribution in [0.3, 0.4) is 0 Å². The number of ether oxygens (including phenoxy) is 1. The van der Waals surface area contributed by atoms with Gasteiger partial charge in [0.05, 0.1) is 7.11 Å². The smallest absolute Gasteiger partial charge is 0.270 e. The first-order chi connectivity index (χ1) is 13.5. The number of aryl methyl sites for hydroxylation is 1. The Morgan fingerprint density at radius 2 is 1.64 bits per heavy atom. The zero-order valence-corrected chi connectivity index (χ0v) is 15.7. The third-order valence-electron chi connectivity index (χ3n) is 4.07. The maximum Gasteiger partial charge on any atom is 0.270 e. The van der Waals surface area contributed by atoms with E-state index >= 15 is 0 Å². The van der Waals surface area contributed by atoms with Crippen molar-refractivity contribution in [2.24, 2.45) is 0 Å². The molecule has 3 aromatic rings. The molecule has 0 spiro atoms. The number of nitrogens with one attached hydrogen (secondary N) is 2. The normalized spacial score (nSPS) is 10.4. The summed E-state index contributed by atoms with van der Waals surface area (Å²) in [6.45, 7) is 2.57. The summed E-state index contributed by atoms with van der Waals surface area (Å²) in [5, 5.41) is 5.98. The van der Waals surface area contributed by atoms with Crippen molar-refractivity contribution < 1.29 is 13.9 Å². The molecule has 0 aliphatic rings. The Bertz CT molecular complexity index is 944. The Balaban J connectivity index is 1.62. The van der Waals surface area contributed by atoms with Gasteiger partial charge in [-0.1, -0.05) is 24.3 Å². The van der Waals surface area contributed by atoms with Crippen molar-refractivity contribution in [1.29, 1.82) is 0 Å². The van der Waals surface area contributed by atoms with Gasteiger partial charge in [-0.15, -0.1) is 0 Å². The van der Waals surface area contributed by atoms with E-state index in [4.69, 9.17) is 4.74 Å². The van der Waals surface area contributed by atoms with Crippen LogP contribution in [0, 0.1) is 12.7 Å². The zero-order chi connectivity index (χ0) is 19.9. The summed E-state index contributed by atoms with van der Waals surface area (Å²) >= 11 is 0. The molecular weight excluding hydrogens is 359 g/mol. The van der Waals surface area contributed by atoms with Crippen molar-refractivity contribution in [3.63, 3.8) is 0 Å². The number of nitrogens with zero attached hydrogens (tertiary/aromatic N) is 2. The van der Waals surface area contributed by atoms with Crippen LogP contribution in [0.25, 0.3) is 0 Å². The fourth-order valence-corrected chi connectivity index (χ4v) is 2.59. The predicted molar refractivity (Wildman–Crippen MR) is 105 cm³/mol. The largest absolute Gasteiger partial charge is 0.497 e. The summed E-state index contributed by atoms with van der Waals surface area (Å²) in [4.78, 5) is 21.0. The Hall–Kier alpha value is -3.48. The van der Waals surface area contributed by atoms with Gasteiger partial charge in [0.1, 0.15) is 28.9 Å². The van der Waals surface area contributed by atoms with Gasteiger partial charge >= 0.3 is 0 Å². The van der Waals surface area contributed by atoms with Gasteiger partial charge in [-0.25, -0.2) is 14.4 Å². The first kappa shape index (κ1) is 19.3. The summed E-state index contributed by atoms with van der Waals surface area (Å²) in [5.74, 6) is 1.21. The molecule has 0 unspecified atom stereocenters. The van der Waals surface area contributed by atoms with E-state index in [1.54, 1.807) is 32.2 Å². The molecule has 0 saturated heterocycles. The van der Waals surface area contributed by atoms with E-state index < -0.39 is 0 Å². The van der Waals surface area contributed by atoms with Gasteiger partial charge in [0.15, 0.2) is 0 Å². The Kier molecular flexibility index (Phi) is 6.16. The Morgan fingerprint density at radius 3 is 2.32 bits per heavy atom. The molecule has 6 nitrogen and oxygen atoms in total. The molecule has 0 aliphatic carbocycles. The molecule has 28 heavy (non-hydrogen) atoms. The lowest BCUT2D eigenvalue weighted by Crippen LogP contribution is -2.24. The van der Waals surface area contributed by atoms with Crippen molar-refractivity contribution in [2.45, 2.75) is 20.0 Å². The van der Waals surface area contributed by atoms with Crippen LogP contribution in [0.1, 0.15) is 27.4 Å². The number of halogens is 1. The molecule has 1 aromatic heterocycles. The highest BCUT2D eigenvalue weighted by Gasteiger charge is 2.10. The molecule has 3 rings (SSSR count). The number of rotatable bonds is 7. The highest BCUT2D eigenvalue weighted by molar-refractivity contribution is 5.92. The first-order valence-electron chi connectivity index (χ1n) is 8.78. The third-order valence-corrected chi connectivity index (χ3v) is 4.07. The minimum Gasteiger partial charge on any atom is -0.497 e. The summed E-state index contributed by atoms with van der Waals surface area (Å²) in [5.41, 5.74) is 2.14. The lowest BCUT2D eigenvalue weighted by atomic mass is 10.2. The van der Waals surface area contributed by atoms with Gasteiger partial charge in [0.25, 0.3) is 5.91 Å². The van der Waals surface area contributed by atoms with E-state index in [2.05, 4.69) is 20.6 Å². The van der Waals surface area contributed by atoms with Gasteiger partial charge in [0, 0.05) is 19.2 Å². The van der Waals surface area contributed by atoms with Gasteiger partial charge < -0.3 is 15.4 Å². The van der Waals surface area contributed by atoms with Crippen LogP contribution in [0.2, 0.25) is 0 Å². The maximum absolute atomic E-state index is 13.0. The maximum atomic E-state index is 13.0. The lowest BCUT2D eigenvalue weighted by Gasteiger charge is -2.10. The van der Waals surface area contributed by atoms with Gasteiger partial charge in [-0.2, -0.15) is 0 Å². The van der Waals surface area contributed by atoms with E-state index in [1.807, 2.05) is 24.3 Å². The average Bonchev–Trinajstić information content (AvgIpc) is 2.71. The number of methoxy groups -OCH3 is 1. The quantitative estimate of drug-likeness (QED) is 0.656. The monoisotopic (exact) mass is 380 g/mol. The van der Waals surface area contributed by atoms with E-state index in [9.17, 15) is 9.18 Å². The second kappa shape index (κ2) is 8.94. The van der Waals surface area contributed by atoms with E-state index in [0.717, 1.165) is 16.9 Å². The number of hydrogen-bond acceptors (Lipinski definition) is 5. The average molecular weight is 380 g/mol. The van der Waals surface area contributed by atoms with Crippen LogP contribution in [-0.4, -0.2) is 23.0 Å². The molecule has 7 heteroatoms. The number of carbonyl (C=O) groups is 1. The summed E-state index contributed by atoms with van der Waals surface area (Å²) in [7, 11) is 1.61. The second-order valence-corrected chi connectivity index (χ2v) is 6.20. The minimum absolute atomic E-state index is 0.280. The van der Waals surface area contributed by atoms with Gasteiger partial charge in [-0.05, 0) is 42.3 Å². The van der Waals surface area contributed by atoms with Gasteiger partial charge in [-0.3, -0.25) is 4.79 Å².